The first-order valence-corrected chi connectivity index (χ1v) is 27.0. The number of rotatable bonds is 16. The Morgan fingerprint density at radius 3 is 1.90 bits per heavy atom. The summed E-state index contributed by atoms with van der Waals surface area (Å²) in [6.07, 6.45) is 4.71. The minimum absolute atomic E-state index is 0.333. The van der Waals surface area contributed by atoms with Gasteiger partial charge in [0.1, 0.15) is 17.9 Å². The summed E-state index contributed by atoms with van der Waals surface area (Å²) in [6.45, 7) is 11.4. The Labute approximate surface area is 405 Å². The maximum absolute atomic E-state index is 14.7. The van der Waals surface area contributed by atoms with Crippen LogP contribution in [0.3, 0.4) is 0 Å². The summed E-state index contributed by atoms with van der Waals surface area (Å²) in [6, 6.07) is 54.8. The molecule has 0 unspecified atom stereocenters. The highest BCUT2D eigenvalue weighted by atomic mass is 32.2. The van der Waals surface area contributed by atoms with Crippen LogP contribution in [0.1, 0.15) is 54.4 Å². The summed E-state index contributed by atoms with van der Waals surface area (Å²) in [5, 5.41) is 1.90. The smallest absolute Gasteiger partial charge is 0.243 e. The van der Waals surface area contributed by atoms with Crippen molar-refractivity contribution in [1.29, 1.82) is 0 Å². The van der Waals surface area contributed by atoms with Crippen molar-refractivity contribution < 1.29 is 12.8 Å². The van der Waals surface area contributed by atoms with Gasteiger partial charge in [-0.05, 0) is 112 Å². The normalized spacial score (nSPS) is 13.9. The molecule has 0 radical (unpaired) electrons. The van der Waals surface area contributed by atoms with Crippen LogP contribution < -0.4 is 14.8 Å². The molecule has 0 aromatic heterocycles. The van der Waals surface area contributed by atoms with Crippen LogP contribution >= 0.6 is 23.5 Å². The molecule has 6 aromatic rings. The summed E-state index contributed by atoms with van der Waals surface area (Å²) >= 11 is 3.77. The lowest BCUT2D eigenvalue weighted by Crippen LogP contribution is -2.35. The Bertz CT molecular complexity index is 3100. The summed E-state index contributed by atoms with van der Waals surface area (Å²) in [5.41, 5.74) is 11.4. The lowest BCUT2D eigenvalue weighted by Gasteiger charge is -2.29. The summed E-state index contributed by atoms with van der Waals surface area (Å²) < 4.78 is 40.7. The molecule has 0 N–H and O–H groups in total. The molecule has 9 rings (SSSR count). The molecule has 0 atom stereocenters. The van der Waals surface area contributed by atoms with Gasteiger partial charge in [-0.1, -0.05) is 97.4 Å². The van der Waals surface area contributed by atoms with E-state index in [0.717, 1.165) is 84.3 Å². The maximum Gasteiger partial charge on any atom is 0.243 e. The van der Waals surface area contributed by atoms with E-state index in [1.165, 1.54) is 43.4 Å². The van der Waals surface area contributed by atoms with Gasteiger partial charge in [0.2, 0.25) is 21.1 Å². The molecule has 0 spiro atoms. The Morgan fingerprint density at radius 1 is 0.612 bits per heavy atom. The van der Waals surface area contributed by atoms with Crippen molar-refractivity contribution in [2.75, 3.05) is 42.6 Å². The summed E-state index contributed by atoms with van der Waals surface area (Å²) in [5.74, 6) is 2.66. The third kappa shape index (κ3) is 10.3. The molecule has 1 saturated heterocycles. The van der Waals surface area contributed by atoms with E-state index in [9.17, 15) is 8.42 Å². The Morgan fingerprint density at radius 2 is 1.22 bits per heavy atom. The minimum Gasteiger partial charge on any atom is -0.456 e. The van der Waals surface area contributed by atoms with Gasteiger partial charge in [0.25, 0.3) is 0 Å². The molecule has 342 valence electrons. The molecule has 1 aliphatic carbocycles. The van der Waals surface area contributed by atoms with Gasteiger partial charge in [-0.15, -0.1) is 23.5 Å². The highest BCUT2D eigenvalue weighted by Crippen LogP contribution is 2.45. The maximum atomic E-state index is 14.7. The van der Waals surface area contributed by atoms with Crippen molar-refractivity contribution in [3.8, 4) is 22.5 Å². The Hall–Kier alpha value is -5.58. The number of nitrogens with zero attached hydrogens (tertiary/aromatic N) is 3. The van der Waals surface area contributed by atoms with Crippen LogP contribution in [0, 0.1) is 27.7 Å². The van der Waals surface area contributed by atoms with Gasteiger partial charge in [0, 0.05) is 98.3 Å². The number of hydrogen-bond acceptors (Lipinski definition) is 6. The number of piperidine rings is 1. The first-order chi connectivity index (χ1) is 32.7. The molecule has 0 amide bonds. The molecule has 0 bridgehead atoms. The van der Waals surface area contributed by atoms with Crippen LogP contribution in [0.25, 0.3) is 33.4 Å². The van der Waals surface area contributed by atoms with Crippen molar-refractivity contribution in [1.82, 2.24) is 8.88 Å². The number of thioether (sulfide) groups is 2. The van der Waals surface area contributed by atoms with Gasteiger partial charge in [-0.3, -0.25) is 0 Å². The number of anilines is 2. The molecule has 2 aliphatic heterocycles. The van der Waals surface area contributed by atoms with E-state index < -0.39 is 10.0 Å². The van der Waals surface area contributed by atoms with Crippen molar-refractivity contribution >= 4 is 61.6 Å². The monoisotopic (exact) mass is 942 g/mol. The fraction of sp³-hybridized carbons (Fsp3) is 0.259. The largest absolute Gasteiger partial charge is 0.456 e. The van der Waals surface area contributed by atoms with E-state index in [2.05, 4.69) is 171 Å². The highest BCUT2D eigenvalue weighted by molar-refractivity contribution is 7.99. The molecule has 6 nitrogen and oxygen atoms in total. The summed E-state index contributed by atoms with van der Waals surface area (Å²) in [7, 11) is -3.80. The number of fused-ring (bicyclic) bond motifs is 2. The SMILES string of the molecule is Cc1cccc(C)c1N(CCCSc1ccccc1)c1ccc2c(-c3ccccc3S(=O)(=O)N3CCCCC3)c3ccc(=[N+](CCCSc4ccccc4)c4c(C)cccc4C)cc-3oc2c1. The highest BCUT2D eigenvalue weighted by Gasteiger charge is 2.31. The Balaban J connectivity index is 1.23. The van der Waals surface area contributed by atoms with Gasteiger partial charge in [0.15, 0.2) is 0 Å². The number of hydrogen-bond donors (Lipinski definition) is 0. The zero-order chi connectivity index (χ0) is 46.3. The van der Waals surface area contributed by atoms with Crippen molar-refractivity contribution in [3.05, 3.63) is 185 Å². The lowest BCUT2D eigenvalue weighted by atomic mass is 9.93. The lowest BCUT2D eigenvalue weighted by molar-refractivity contribution is 0.347. The predicted molar refractivity (Wildman–Crippen MR) is 283 cm³/mol. The first kappa shape index (κ1) is 46.5. The van der Waals surface area contributed by atoms with Crippen LogP contribution in [-0.2, 0) is 10.0 Å². The number of sulfonamides is 1. The van der Waals surface area contributed by atoms with Crippen LogP contribution in [0.4, 0.5) is 17.1 Å². The van der Waals surface area contributed by atoms with Gasteiger partial charge in [-0.25, -0.2) is 8.42 Å². The third-order valence-electron chi connectivity index (χ3n) is 12.9. The number of benzene rings is 7. The fourth-order valence-electron chi connectivity index (χ4n) is 9.70. The zero-order valence-electron chi connectivity index (χ0n) is 39.1. The van der Waals surface area contributed by atoms with E-state index in [0.29, 0.717) is 34.9 Å². The number of aryl methyl sites for hydroxylation is 4. The van der Waals surface area contributed by atoms with Gasteiger partial charge in [-0.2, -0.15) is 8.88 Å². The van der Waals surface area contributed by atoms with Gasteiger partial charge in [0.05, 0.1) is 11.0 Å². The second-order valence-corrected chi connectivity index (χ2v) is 21.9. The average Bonchev–Trinajstić information content (AvgIpc) is 3.35. The third-order valence-corrected chi connectivity index (χ3v) is 17.0. The summed E-state index contributed by atoms with van der Waals surface area (Å²) in [4.78, 5) is 5.32. The molecule has 3 aliphatic rings. The fourth-order valence-corrected chi connectivity index (χ4v) is 13.1. The molecule has 1 fully saturated rings. The van der Waals surface area contributed by atoms with E-state index in [1.807, 2.05) is 41.7 Å². The van der Waals surface area contributed by atoms with Gasteiger partial charge >= 0.3 is 0 Å². The van der Waals surface area contributed by atoms with Crippen LogP contribution in [0.5, 0.6) is 0 Å². The first-order valence-electron chi connectivity index (χ1n) is 23.6. The van der Waals surface area contributed by atoms with Gasteiger partial charge < -0.3 is 9.32 Å². The Kier molecular flexibility index (Phi) is 14.7. The van der Waals surface area contributed by atoms with E-state index in [-0.39, 0.29) is 0 Å². The zero-order valence-corrected chi connectivity index (χ0v) is 41.5. The van der Waals surface area contributed by atoms with E-state index >= 15 is 0 Å². The van der Waals surface area contributed by atoms with Crippen molar-refractivity contribution in [2.45, 2.75) is 74.5 Å². The van der Waals surface area contributed by atoms with E-state index in [4.69, 9.17) is 4.42 Å². The number of para-hydroxylation sites is 2. The predicted octanol–water partition coefficient (Wildman–Crippen LogP) is 14.2. The van der Waals surface area contributed by atoms with Crippen molar-refractivity contribution in [3.63, 3.8) is 0 Å². The van der Waals surface area contributed by atoms with Crippen LogP contribution in [0.2, 0.25) is 0 Å². The molecule has 67 heavy (non-hydrogen) atoms. The molecular formula is C58H60N3O3S3+. The topological polar surface area (TPSA) is 56.8 Å². The molecule has 6 aromatic carbocycles. The second-order valence-electron chi connectivity index (χ2n) is 17.6. The quantitative estimate of drug-likeness (QED) is 0.0416. The molecule has 9 heteroatoms. The standard InChI is InChI=1S/C58H60N3O3S3/c1-42-20-16-21-43(2)57(42)60(36-18-38-65-48-24-8-5-9-25-48)46-30-32-50-53(40-46)64-54-41-47(61(58-44(3)22-17-23-45(58)4)37-19-39-66-49-26-10-6-11-27-49)31-33-51(54)56(50)52-28-12-13-29-55(52)67(62,63)59-34-14-7-15-35-59/h5-6,8-13,16-17,20-33,40-41H,7,14-15,18-19,34-39H2,1-4H3/q+1. The average molecular weight is 943 g/mol. The molecule has 0 saturated carbocycles. The van der Waals surface area contributed by atoms with Crippen LogP contribution in [0.15, 0.2) is 177 Å². The molecule has 2 heterocycles. The second kappa shape index (κ2) is 21.2. The van der Waals surface area contributed by atoms with Crippen LogP contribution in [-0.4, -0.2) is 50.4 Å². The van der Waals surface area contributed by atoms with Crippen molar-refractivity contribution in [2.24, 2.45) is 0 Å². The van der Waals surface area contributed by atoms with E-state index in [1.54, 1.807) is 10.4 Å². The molecular weight excluding hydrogens is 883 g/mol. The minimum atomic E-state index is -3.80.